The highest BCUT2D eigenvalue weighted by Gasteiger charge is 2.30. The molecule has 0 spiro atoms. The van der Waals surface area contributed by atoms with Crippen molar-refractivity contribution < 1.29 is 18.0 Å². The number of para-hydroxylation sites is 1. The minimum absolute atomic E-state index is 0.143. The van der Waals surface area contributed by atoms with Crippen LogP contribution in [0.2, 0.25) is 0 Å². The molecule has 9 nitrogen and oxygen atoms in total. The molecule has 2 heterocycles. The van der Waals surface area contributed by atoms with Gasteiger partial charge in [-0.1, -0.05) is 12.1 Å². The number of benzene rings is 1. The number of thioether (sulfide) groups is 1. The van der Waals surface area contributed by atoms with Gasteiger partial charge in [0.25, 0.3) is 0 Å². The van der Waals surface area contributed by atoms with Crippen molar-refractivity contribution >= 4 is 39.4 Å². The molecule has 11 heteroatoms. The molecule has 0 unspecified atom stereocenters. The molecule has 3 rings (SSSR count). The number of hydrogen-bond donors (Lipinski definition) is 2. The minimum atomic E-state index is -3.62. The third kappa shape index (κ3) is 5.49. The largest absolute Gasteiger partial charge is 0.370 e. The third-order valence-electron chi connectivity index (χ3n) is 4.53. The number of primary amides is 1. The zero-order valence-corrected chi connectivity index (χ0v) is 17.9. The number of nitrogens with two attached hydrogens (primary N) is 1. The van der Waals surface area contributed by atoms with Crippen LogP contribution in [0.3, 0.4) is 0 Å². The van der Waals surface area contributed by atoms with Gasteiger partial charge in [-0.25, -0.2) is 13.2 Å². The van der Waals surface area contributed by atoms with E-state index in [0.29, 0.717) is 11.4 Å². The van der Waals surface area contributed by atoms with E-state index in [1.54, 1.807) is 17.0 Å². The van der Waals surface area contributed by atoms with Crippen LogP contribution < -0.4 is 11.1 Å². The first-order valence-electron chi connectivity index (χ1n) is 9.34. The van der Waals surface area contributed by atoms with Crippen molar-refractivity contribution in [2.45, 2.75) is 16.2 Å². The number of amides is 3. The summed E-state index contributed by atoms with van der Waals surface area (Å²) in [4.78, 5) is 30.0. The standard InChI is InChI=1S/C19H23N5O4S2/c20-18(25)7-13-29-17-6-2-1-5-16(17)22-19(26)23-9-11-24(12-10-23)30(27,28)15-4-3-8-21-14-15/h1-6,8,14H,7,9-13H2,(H2,20,25)(H,22,26). The fourth-order valence-corrected chi connectivity index (χ4v) is 5.29. The molecule has 1 aliphatic rings. The van der Waals surface area contributed by atoms with Crippen molar-refractivity contribution in [1.29, 1.82) is 0 Å². The van der Waals surface area contributed by atoms with E-state index >= 15 is 0 Å². The van der Waals surface area contributed by atoms with Gasteiger partial charge in [0.15, 0.2) is 0 Å². The maximum atomic E-state index is 12.7. The van der Waals surface area contributed by atoms with Crippen LogP contribution in [0, 0.1) is 0 Å². The fraction of sp³-hybridized carbons (Fsp3) is 0.316. The Morgan fingerprint density at radius 3 is 2.50 bits per heavy atom. The molecule has 1 fully saturated rings. The van der Waals surface area contributed by atoms with Crippen molar-refractivity contribution in [2.24, 2.45) is 5.73 Å². The Morgan fingerprint density at radius 2 is 1.83 bits per heavy atom. The average Bonchev–Trinajstić information content (AvgIpc) is 2.75. The van der Waals surface area contributed by atoms with E-state index in [2.05, 4.69) is 10.3 Å². The van der Waals surface area contributed by atoms with Gasteiger partial charge in [-0.05, 0) is 24.3 Å². The van der Waals surface area contributed by atoms with Crippen LogP contribution in [0.5, 0.6) is 0 Å². The maximum Gasteiger partial charge on any atom is 0.321 e. The number of sulfonamides is 1. The summed E-state index contributed by atoms with van der Waals surface area (Å²) in [5.74, 6) is 0.149. The summed E-state index contributed by atoms with van der Waals surface area (Å²) in [5, 5.41) is 2.88. The monoisotopic (exact) mass is 449 g/mol. The molecule has 1 aromatic carbocycles. The lowest BCUT2D eigenvalue weighted by Crippen LogP contribution is -2.51. The SMILES string of the molecule is NC(=O)CCSc1ccccc1NC(=O)N1CCN(S(=O)(=O)c2cccnc2)CC1. The second-order valence-electron chi connectivity index (χ2n) is 6.57. The zero-order chi connectivity index (χ0) is 21.6. The number of aromatic nitrogens is 1. The van der Waals surface area contributed by atoms with E-state index in [9.17, 15) is 18.0 Å². The number of nitrogens with one attached hydrogen (secondary N) is 1. The summed E-state index contributed by atoms with van der Waals surface area (Å²) < 4.78 is 26.7. The number of rotatable bonds is 7. The van der Waals surface area contributed by atoms with Gasteiger partial charge < -0.3 is 16.0 Å². The number of carbonyl (C=O) groups is 2. The molecule has 1 saturated heterocycles. The molecule has 0 bridgehead atoms. The number of hydrogen-bond acceptors (Lipinski definition) is 6. The first-order chi connectivity index (χ1) is 14.4. The van der Waals surface area contributed by atoms with Crippen LogP contribution in [0.4, 0.5) is 10.5 Å². The summed E-state index contributed by atoms with van der Waals surface area (Å²) in [5.41, 5.74) is 5.81. The van der Waals surface area contributed by atoms with E-state index < -0.39 is 10.0 Å². The summed E-state index contributed by atoms with van der Waals surface area (Å²) in [6, 6.07) is 10.1. The molecule has 1 aromatic heterocycles. The van der Waals surface area contributed by atoms with Gasteiger partial charge in [0, 0.05) is 55.6 Å². The molecule has 3 amide bonds. The van der Waals surface area contributed by atoms with Crippen molar-refractivity contribution in [3.05, 3.63) is 48.8 Å². The van der Waals surface area contributed by atoms with Gasteiger partial charge in [-0.15, -0.1) is 11.8 Å². The van der Waals surface area contributed by atoms with Gasteiger partial charge in [-0.3, -0.25) is 9.78 Å². The summed E-state index contributed by atoms with van der Waals surface area (Å²) >= 11 is 1.44. The van der Waals surface area contributed by atoms with Crippen molar-refractivity contribution in [2.75, 3.05) is 37.2 Å². The lowest BCUT2D eigenvalue weighted by atomic mass is 10.3. The highest BCUT2D eigenvalue weighted by Crippen LogP contribution is 2.28. The first-order valence-corrected chi connectivity index (χ1v) is 11.8. The van der Waals surface area contributed by atoms with Crippen LogP contribution in [0.1, 0.15) is 6.42 Å². The molecule has 2 aromatic rings. The van der Waals surface area contributed by atoms with Crippen LogP contribution in [-0.4, -0.2) is 66.5 Å². The quantitative estimate of drug-likeness (QED) is 0.618. The topological polar surface area (TPSA) is 126 Å². The summed E-state index contributed by atoms with van der Waals surface area (Å²) in [7, 11) is -3.62. The number of urea groups is 1. The molecule has 3 N–H and O–H groups in total. The van der Waals surface area contributed by atoms with Crippen molar-refractivity contribution in [3.63, 3.8) is 0 Å². The minimum Gasteiger partial charge on any atom is -0.370 e. The molecular formula is C19H23N5O4S2. The zero-order valence-electron chi connectivity index (χ0n) is 16.2. The fourth-order valence-electron chi connectivity index (χ4n) is 2.93. The van der Waals surface area contributed by atoms with Gasteiger partial charge in [0.1, 0.15) is 4.90 Å². The highest BCUT2D eigenvalue weighted by molar-refractivity contribution is 7.99. The van der Waals surface area contributed by atoms with Gasteiger partial charge in [0.05, 0.1) is 5.69 Å². The Balaban J connectivity index is 1.58. The van der Waals surface area contributed by atoms with Crippen LogP contribution in [0.15, 0.2) is 58.6 Å². The van der Waals surface area contributed by atoms with E-state index in [1.807, 2.05) is 18.2 Å². The Kier molecular flexibility index (Phi) is 7.29. The number of pyridine rings is 1. The van der Waals surface area contributed by atoms with Crippen LogP contribution >= 0.6 is 11.8 Å². The first kappa shape index (κ1) is 22.1. The second-order valence-corrected chi connectivity index (χ2v) is 9.65. The van der Waals surface area contributed by atoms with E-state index in [-0.39, 0.29) is 49.4 Å². The molecule has 30 heavy (non-hydrogen) atoms. The van der Waals surface area contributed by atoms with Gasteiger partial charge >= 0.3 is 6.03 Å². The lowest BCUT2D eigenvalue weighted by Gasteiger charge is -2.34. The predicted octanol–water partition coefficient (Wildman–Crippen LogP) is 1.59. The van der Waals surface area contributed by atoms with E-state index in [0.717, 1.165) is 4.90 Å². The number of piperazine rings is 1. The Hall–Kier alpha value is -2.63. The Morgan fingerprint density at radius 1 is 1.10 bits per heavy atom. The van der Waals surface area contributed by atoms with Gasteiger partial charge in [0.2, 0.25) is 15.9 Å². The molecule has 0 aliphatic carbocycles. The van der Waals surface area contributed by atoms with Crippen molar-refractivity contribution in [3.8, 4) is 0 Å². The smallest absolute Gasteiger partial charge is 0.321 e. The molecule has 0 radical (unpaired) electrons. The van der Waals surface area contributed by atoms with Crippen LogP contribution in [0.25, 0.3) is 0 Å². The lowest BCUT2D eigenvalue weighted by molar-refractivity contribution is -0.117. The normalized spacial score (nSPS) is 15.0. The number of anilines is 1. The Labute approximate surface area is 179 Å². The number of carbonyl (C=O) groups excluding carboxylic acids is 2. The molecular weight excluding hydrogens is 426 g/mol. The predicted molar refractivity (Wildman–Crippen MR) is 115 cm³/mol. The Bertz CT molecular complexity index is 993. The average molecular weight is 450 g/mol. The van der Waals surface area contributed by atoms with E-state index in [4.69, 9.17) is 5.73 Å². The second kappa shape index (κ2) is 9.92. The maximum absolute atomic E-state index is 12.7. The highest BCUT2D eigenvalue weighted by atomic mass is 32.2. The summed E-state index contributed by atoms with van der Waals surface area (Å²) in [6.07, 6.45) is 3.09. The molecule has 0 atom stereocenters. The van der Waals surface area contributed by atoms with Crippen molar-refractivity contribution in [1.82, 2.24) is 14.2 Å². The third-order valence-corrected chi connectivity index (χ3v) is 7.49. The molecule has 0 saturated carbocycles. The van der Waals surface area contributed by atoms with Crippen LogP contribution in [-0.2, 0) is 14.8 Å². The van der Waals surface area contributed by atoms with E-state index in [1.165, 1.54) is 34.5 Å². The summed E-state index contributed by atoms with van der Waals surface area (Å²) in [6.45, 7) is 0.976. The molecule has 1 aliphatic heterocycles. The molecule has 160 valence electrons. The number of nitrogens with zero attached hydrogens (tertiary/aromatic N) is 3. The van der Waals surface area contributed by atoms with Gasteiger partial charge in [-0.2, -0.15) is 4.31 Å².